The highest BCUT2D eigenvalue weighted by Gasteiger charge is 2.18. The summed E-state index contributed by atoms with van der Waals surface area (Å²) in [6.45, 7) is 6.75. The molecule has 0 aliphatic heterocycles. The Hall–Kier alpha value is -2.60. The van der Waals surface area contributed by atoms with Crippen molar-refractivity contribution in [1.29, 1.82) is 0 Å². The molecule has 3 rings (SSSR count). The average Bonchev–Trinajstić information content (AvgIpc) is 3.22. The molecule has 0 radical (unpaired) electrons. The van der Waals surface area contributed by atoms with E-state index in [0.717, 1.165) is 16.9 Å². The van der Waals surface area contributed by atoms with Gasteiger partial charge in [-0.25, -0.2) is 4.68 Å². The summed E-state index contributed by atoms with van der Waals surface area (Å²) in [7, 11) is 1.92. The molecule has 0 saturated heterocycles. The van der Waals surface area contributed by atoms with Crippen molar-refractivity contribution in [2.75, 3.05) is 0 Å². The predicted octanol–water partition coefficient (Wildman–Crippen LogP) is 2.42. The third-order valence-electron chi connectivity index (χ3n) is 4.94. The Morgan fingerprint density at radius 2 is 1.88 bits per heavy atom. The van der Waals surface area contributed by atoms with Gasteiger partial charge in [0.1, 0.15) is 0 Å². The molecule has 0 bridgehead atoms. The lowest BCUT2D eigenvalue weighted by atomic mass is 10.1. The number of para-hydroxylation sites is 1. The van der Waals surface area contributed by atoms with E-state index in [0.29, 0.717) is 6.54 Å². The molecule has 6 nitrogen and oxygen atoms in total. The van der Waals surface area contributed by atoms with Crippen LogP contribution in [-0.4, -0.2) is 25.2 Å². The van der Waals surface area contributed by atoms with E-state index in [9.17, 15) is 4.79 Å². The Morgan fingerprint density at radius 1 is 1.16 bits per heavy atom. The Kier molecular flexibility index (Phi) is 4.90. The molecule has 6 heteroatoms. The van der Waals surface area contributed by atoms with Crippen LogP contribution in [0.5, 0.6) is 0 Å². The minimum absolute atomic E-state index is 0.0256. The van der Waals surface area contributed by atoms with Crippen molar-refractivity contribution >= 4 is 0 Å². The highest BCUT2D eigenvalue weighted by molar-refractivity contribution is 5.33. The van der Waals surface area contributed by atoms with E-state index < -0.39 is 0 Å². The zero-order chi connectivity index (χ0) is 18.0. The molecule has 2 unspecified atom stereocenters. The fourth-order valence-corrected chi connectivity index (χ4v) is 3.01. The first kappa shape index (κ1) is 17.2. The molecule has 1 aromatic carbocycles. The maximum atomic E-state index is 12.9. The first-order valence-corrected chi connectivity index (χ1v) is 8.56. The van der Waals surface area contributed by atoms with Crippen LogP contribution >= 0.6 is 0 Å². The van der Waals surface area contributed by atoms with Gasteiger partial charge in [0.2, 0.25) is 0 Å². The second-order valence-electron chi connectivity index (χ2n) is 6.44. The second kappa shape index (κ2) is 7.11. The maximum absolute atomic E-state index is 12.9. The first-order valence-electron chi connectivity index (χ1n) is 8.56. The van der Waals surface area contributed by atoms with Gasteiger partial charge in [-0.1, -0.05) is 18.2 Å². The van der Waals surface area contributed by atoms with Gasteiger partial charge in [0.05, 0.1) is 17.3 Å². The summed E-state index contributed by atoms with van der Waals surface area (Å²) < 4.78 is 5.56. The van der Waals surface area contributed by atoms with E-state index in [2.05, 4.69) is 24.3 Å². The number of hydrogen-bond donors (Lipinski definition) is 1. The van der Waals surface area contributed by atoms with Gasteiger partial charge in [0.15, 0.2) is 0 Å². The van der Waals surface area contributed by atoms with E-state index in [1.807, 2.05) is 65.9 Å². The highest BCUT2D eigenvalue weighted by Crippen LogP contribution is 2.12. The second-order valence-corrected chi connectivity index (χ2v) is 6.44. The molecular weight excluding hydrogens is 314 g/mol. The number of nitrogens with zero attached hydrogens (tertiary/aromatic N) is 4. The molecule has 2 atom stereocenters. The zero-order valence-electron chi connectivity index (χ0n) is 15.2. The molecule has 2 aromatic heterocycles. The number of nitrogens with one attached hydrogen (secondary N) is 1. The summed E-state index contributed by atoms with van der Waals surface area (Å²) in [5.41, 5.74) is 2.67. The number of hydrogen-bond acceptors (Lipinski definition) is 3. The molecule has 3 aromatic rings. The van der Waals surface area contributed by atoms with Crippen molar-refractivity contribution in [2.24, 2.45) is 7.05 Å². The maximum Gasteiger partial charge on any atom is 0.276 e. The first-order chi connectivity index (χ1) is 12.0. The van der Waals surface area contributed by atoms with Gasteiger partial charge < -0.3 is 5.32 Å². The van der Waals surface area contributed by atoms with E-state index in [1.54, 1.807) is 10.9 Å². The Labute approximate surface area is 147 Å². The predicted molar refractivity (Wildman–Crippen MR) is 99.0 cm³/mol. The topological polar surface area (TPSA) is 56.8 Å². The van der Waals surface area contributed by atoms with Gasteiger partial charge in [-0.05, 0) is 39.0 Å². The van der Waals surface area contributed by atoms with Crippen molar-refractivity contribution in [3.63, 3.8) is 0 Å². The van der Waals surface area contributed by atoms with Crippen LogP contribution in [0.1, 0.15) is 31.1 Å². The van der Waals surface area contributed by atoms with Gasteiger partial charge in [-0.2, -0.15) is 5.10 Å². The molecule has 0 aliphatic carbocycles. The summed E-state index contributed by atoms with van der Waals surface area (Å²) in [5, 5.41) is 7.77. The fourth-order valence-electron chi connectivity index (χ4n) is 3.01. The van der Waals surface area contributed by atoms with Crippen molar-refractivity contribution < 1.29 is 0 Å². The van der Waals surface area contributed by atoms with E-state index >= 15 is 0 Å². The van der Waals surface area contributed by atoms with Crippen LogP contribution in [0.25, 0.3) is 5.69 Å². The lowest BCUT2D eigenvalue weighted by Crippen LogP contribution is -2.35. The molecule has 0 amide bonds. The van der Waals surface area contributed by atoms with Crippen molar-refractivity contribution in [3.05, 3.63) is 70.4 Å². The SMILES string of the molecule is Cc1c(CNC(C)C(C)n2cccn2)c(=O)n(-c2ccccc2)n1C. The summed E-state index contributed by atoms with van der Waals surface area (Å²) in [4.78, 5) is 12.9. The molecular formula is C19H25N5O. The van der Waals surface area contributed by atoms with Gasteiger partial charge in [0.25, 0.3) is 5.56 Å². The molecule has 2 heterocycles. The highest BCUT2D eigenvalue weighted by atomic mass is 16.1. The minimum Gasteiger partial charge on any atom is -0.308 e. The number of aromatic nitrogens is 4. The summed E-state index contributed by atoms with van der Waals surface area (Å²) in [6.07, 6.45) is 3.74. The largest absolute Gasteiger partial charge is 0.308 e. The molecule has 0 aliphatic rings. The van der Waals surface area contributed by atoms with E-state index in [-0.39, 0.29) is 17.6 Å². The van der Waals surface area contributed by atoms with Crippen LogP contribution in [0.3, 0.4) is 0 Å². The van der Waals surface area contributed by atoms with Crippen LogP contribution in [0.4, 0.5) is 0 Å². The molecule has 1 N–H and O–H groups in total. The van der Waals surface area contributed by atoms with Crippen molar-refractivity contribution in [2.45, 2.75) is 39.4 Å². The monoisotopic (exact) mass is 339 g/mol. The Bertz CT molecular complexity index is 877. The number of rotatable bonds is 6. The van der Waals surface area contributed by atoms with Crippen LogP contribution in [0, 0.1) is 6.92 Å². The molecule has 0 fully saturated rings. The van der Waals surface area contributed by atoms with Crippen LogP contribution in [0.2, 0.25) is 0 Å². The van der Waals surface area contributed by atoms with Crippen molar-refractivity contribution in [3.8, 4) is 5.69 Å². The van der Waals surface area contributed by atoms with Crippen LogP contribution < -0.4 is 10.9 Å². The third-order valence-corrected chi connectivity index (χ3v) is 4.94. The summed E-state index contributed by atoms with van der Waals surface area (Å²) in [6, 6.07) is 12.0. The van der Waals surface area contributed by atoms with Crippen LogP contribution in [0.15, 0.2) is 53.6 Å². The van der Waals surface area contributed by atoms with Gasteiger partial charge >= 0.3 is 0 Å². The smallest absolute Gasteiger partial charge is 0.276 e. The van der Waals surface area contributed by atoms with Crippen LogP contribution in [-0.2, 0) is 13.6 Å². The molecule has 132 valence electrons. The van der Waals surface area contributed by atoms with Gasteiger partial charge in [0, 0.05) is 37.7 Å². The normalized spacial score (nSPS) is 13.8. The molecule has 0 spiro atoms. The lowest BCUT2D eigenvalue weighted by Gasteiger charge is -2.21. The zero-order valence-corrected chi connectivity index (χ0v) is 15.2. The average molecular weight is 339 g/mol. The van der Waals surface area contributed by atoms with Crippen molar-refractivity contribution in [1.82, 2.24) is 24.5 Å². The minimum atomic E-state index is 0.0256. The number of benzene rings is 1. The Balaban J connectivity index is 1.81. The molecule has 25 heavy (non-hydrogen) atoms. The van der Waals surface area contributed by atoms with Gasteiger partial charge in [-0.3, -0.25) is 14.2 Å². The van der Waals surface area contributed by atoms with Gasteiger partial charge in [-0.15, -0.1) is 0 Å². The quantitative estimate of drug-likeness (QED) is 0.750. The summed E-state index contributed by atoms with van der Waals surface area (Å²) >= 11 is 0. The summed E-state index contributed by atoms with van der Waals surface area (Å²) in [5.74, 6) is 0. The molecule has 0 saturated carbocycles. The standard InChI is InChI=1S/C19H25N5O/c1-14(15(2)23-12-8-11-21-23)20-13-18-16(3)22(4)24(19(18)25)17-9-6-5-7-10-17/h5-12,14-15,20H,13H2,1-4H3. The third kappa shape index (κ3) is 3.30. The lowest BCUT2D eigenvalue weighted by molar-refractivity contribution is 0.364. The van der Waals surface area contributed by atoms with E-state index in [4.69, 9.17) is 0 Å². The fraction of sp³-hybridized carbons (Fsp3) is 0.368. The van der Waals surface area contributed by atoms with E-state index in [1.165, 1.54) is 0 Å². The Morgan fingerprint density at radius 3 is 2.52 bits per heavy atom.